The third kappa shape index (κ3) is 5.33. The van der Waals surface area contributed by atoms with Gasteiger partial charge in [-0.3, -0.25) is 4.99 Å². The molecule has 1 nitrogen and oxygen atoms in total. The second-order valence-corrected chi connectivity index (χ2v) is 6.63. The molecule has 0 saturated carbocycles. The Hall–Kier alpha value is -2.81. The Kier molecular flexibility index (Phi) is 6.48. The Morgan fingerprint density at radius 3 is 2.07 bits per heavy atom. The van der Waals surface area contributed by atoms with Gasteiger partial charge in [-0.25, -0.2) is 8.78 Å². The first-order valence-corrected chi connectivity index (χ1v) is 9.34. The molecule has 0 radical (unpaired) electrons. The van der Waals surface area contributed by atoms with Crippen molar-refractivity contribution in [1.82, 2.24) is 0 Å². The van der Waals surface area contributed by atoms with E-state index < -0.39 is 11.6 Å². The molecule has 0 amide bonds. The van der Waals surface area contributed by atoms with Gasteiger partial charge in [-0.05, 0) is 47.2 Å². The van der Waals surface area contributed by atoms with Crippen molar-refractivity contribution < 1.29 is 8.78 Å². The van der Waals surface area contributed by atoms with Crippen LogP contribution in [0, 0.1) is 11.6 Å². The van der Waals surface area contributed by atoms with Crippen LogP contribution < -0.4 is 0 Å². The predicted molar refractivity (Wildman–Crippen MR) is 109 cm³/mol. The third-order valence-electron chi connectivity index (χ3n) is 4.53. The topological polar surface area (TPSA) is 12.4 Å². The van der Waals surface area contributed by atoms with Crippen LogP contribution in [0.4, 0.5) is 14.5 Å². The molecule has 3 aromatic carbocycles. The second-order valence-electron chi connectivity index (χ2n) is 6.63. The van der Waals surface area contributed by atoms with Gasteiger partial charge in [-0.2, -0.15) is 0 Å². The molecule has 0 heterocycles. The van der Waals surface area contributed by atoms with Crippen LogP contribution in [0.15, 0.2) is 71.7 Å². The molecule has 0 unspecified atom stereocenters. The maximum atomic E-state index is 13.2. The highest BCUT2D eigenvalue weighted by Crippen LogP contribution is 2.21. The van der Waals surface area contributed by atoms with E-state index >= 15 is 0 Å². The van der Waals surface area contributed by atoms with E-state index in [0.717, 1.165) is 29.7 Å². The molecule has 0 fully saturated rings. The molecular weight excluding hydrogens is 340 g/mol. The molecule has 0 aromatic heterocycles. The highest BCUT2D eigenvalue weighted by Gasteiger charge is 2.01. The van der Waals surface area contributed by atoms with Crippen molar-refractivity contribution in [2.75, 3.05) is 0 Å². The van der Waals surface area contributed by atoms with Gasteiger partial charge in [0.05, 0.1) is 5.69 Å². The average molecular weight is 363 g/mol. The summed E-state index contributed by atoms with van der Waals surface area (Å²) >= 11 is 0. The normalized spacial score (nSPS) is 11.2. The van der Waals surface area contributed by atoms with E-state index in [1.165, 1.54) is 36.5 Å². The summed E-state index contributed by atoms with van der Waals surface area (Å²) in [6.07, 6.45) is 6.53. The number of benzene rings is 3. The number of aryl methyl sites for hydroxylation is 1. The molecule has 0 aliphatic rings. The minimum atomic E-state index is -0.891. The summed E-state index contributed by atoms with van der Waals surface area (Å²) in [6, 6.07) is 20.3. The lowest BCUT2D eigenvalue weighted by Crippen LogP contribution is -1.87. The number of halogens is 2. The van der Waals surface area contributed by atoms with E-state index in [-0.39, 0.29) is 0 Å². The Labute approximate surface area is 159 Å². The van der Waals surface area contributed by atoms with Crippen molar-refractivity contribution in [1.29, 1.82) is 0 Å². The van der Waals surface area contributed by atoms with E-state index in [2.05, 4.69) is 36.2 Å². The van der Waals surface area contributed by atoms with Gasteiger partial charge in [-0.1, -0.05) is 68.3 Å². The monoisotopic (exact) mass is 363 g/mol. The molecule has 0 saturated heterocycles. The highest BCUT2D eigenvalue weighted by molar-refractivity contribution is 5.83. The summed E-state index contributed by atoms with van der Waals surface area (Å²) in [5, 5.41) is 0. The van der Waals surface area contributed by atoms with Gasteiger partial charge in [0.2, 0.25) is 0 Å². The third-order valence-corrected chi connectivity index (χ3v) is 4.53. The van der Waals surface area contributed by atoms with Crippen molar-refractivity contribution in [3.8, 4) is 11.1 Å². The second kappa shape index (κ2) is 9.22. The van der Waals surface area contributed by atoms with Gasteiger partial charge < -0.3 is 0 Å². The molecular formula is C24H23F2N. The van der Waals surface area contributed by atoms with Gasteiger partial charge in [0.25, 0.3) is 0 Å². The van der Waals surface area contributed by atoms with Crippen LogP contribution in [0.1, 0.15) is 37.3 Å². The minimum Gasteiger partial charge on any atom is -0.256 e. The number of hydrogen-bond acceptors (Lipinski definition) is 1. The Bertz CT molecular complexity index is 897. The smallest absolute Gasteiger partial charge is 0.160 e. The van der Waals surface area contributed by atoms with Crippen molar-refractivity contribution in [2.24, 2.45) is 4.99 Å². The van der Waals surface area contributed by atoms with Crippen molar-refractivity contribution >= 4 is 11.9 Å². The van der Waals surface area contributed by atoms with E-state index in [0.29, 0.717) is 5.69 Å². The number of hydrogen-bond donors (Lipinski definition) is 0. The van der Waals surface area contributed by atoms with Crippen LogP contribution in [0.3, 0.4) is 0 Å². The standard InChI is InChI=1S/C24H23F2N/c1-2-3-4-5-18-6-10-20(11-7-18)21-12-8-19(9-13-21)17-27-22-14-15-23(25)24(26)16-22/h6-17H,2-5H2,1H3. The Morgan fingerprint density at radius 1 is 0.778 bits per heavy atom. The SMILES string of the molecule is CCCCCc1ccc(-c2ccc(C=Nc3ccc(F)c(F)c3)cc2)cc1. The van der Waals surface area contributed by atoms with Crippen molar-refractivity contribution in [3.63, 3.8) is 0 Å². The predicted octanol–water partition coefficient (Wildman–Crippen LogP) is 7.12. The van der Waals surface area contributed by atoms with Crippen molar-refractivity contribution in [3.05, 3.63) is 89.5 Å². The largest absolute Gasteiger partial charge is 0.256 e. The maximum Gasteiger partial charge on any atom is 0.160 e. The summed E-state index contributed by atoms with van der Waals surface area (Å²) in [7, 11) is 0. The molecule has 0 aliphatic heterocycles. The summed E-state index contributed by atoms with van der Waals surface area (Å²) in [6.45, 7) is 2.22. The molecule has 0 spiro atoms. The number of nitrogens with zero attached hydrogens (tertiary/aromatic N) is 1. The van der Waals surface area contributed by atoms with Gasteiger partial charge in [0.1, 0.15) is 0 Å². The lowest BCUT2D eigenvalue weighted by molar-refractivity contribution is 0.509. The summed E-state index contributed by atoms with van der Waals surface area (Å²) in [5.41, 5.74) is 4.98. The highest BCUT2D eigenvalue weighted by atomic mass is 19.2. The van der Waals surface area contributed by atoms with Gasteiger partial charge in [-0.15, -0.1) is 0 Å². The molecule has 0 N–H and O–H groups in total. The number of aliphatic imine (C=N–C) groups is 1. The molecule has 3 rings (SSSR count). The first-order valence-electron chi connectivity index (χ1n) is 9.34. The number of unbranched alkanes of at least 4 members (excludes halogenated alkanes) is 2. The lowest BCUT2D eigenvalue weighted by Gasteiger charge is -2.05. The van der Waals surface area contributed by atoms with Crippen molar-refractivity contribution in [2.45, 2.75) is 32.6 Å². The number of rotatable bonds is 7. The van der Waals surface area contributed by atoms with Gasteiger partial charge in [0.15, 0.2) is 11.6 Å². The maximum absolute atomic E-state index is 13.2. The zero-order valence-electron chi connectivity index (χ0n) is 15.5. The molecule has 0 aliphatic carbocycles. The molecule has 138 valence electrons. The van der Waals surface area contributed by atoms with Crippen LogP contribution >= 0.6 is 0 Å². The van der Waals surface area contributed by atoms with Crippen LogP contribution in [0.25, 0.3) is 11.1 Å². The molecule has 3 aromatic rings. The fraction of sp³-hybridized carbons (Fsp3) is 0.208. The van der Waals surface area contributed by atoms with Crippen LogP contribution in [-0.2, 0) is 6.42 Å². The van der Waals surface area contributed by atoms with Crippen LogP contribution in [0.2, 0.25) is 0 Å². The van der Waals surface area contributed by atoms with E-state index in [9.17, 15) is 8.78 Å². The van der Waals surface area contributed by atoms with E-state index in [4.69, 9.17) is 0 Å². The Balaban J connectivity index is 1.66. The fourth-order valence-corrected chi connectivity index (χ4v) is 2.92. The molecule has 0 atom stereocenters. The lowest BCUT2D eigenvalue weighted by atomic mass is 10.0. The fourth-order valence-electron chi connectivity index (χ4n) is 2.92. The zero-order valence-corrected chi connectivity index (χ0v) is 15.5. The van der Waals surface area contributed by atoms with Gasteiger partial charge >= 0.3 is 0 Å². The minimum absolute atomic E-state index is 0.386. The Morgan fingerprint density at radius 2 is 1.44 bits per heavy atom. The van der Waals surface area contributed by atoms with Gasteiger partial charge in [0, 0.05) is 12.3 Å². The first kappa shape index (κ1) is 19.0. The van der Waals surface area contributed by atoms with Crippen LogP contribution in [-0.4, -0.2) is 6.21 Å². The molecule has 3 heteroatoms. The summed E-state index contributed by atoms with van der Waals surface area (Å²) in [4.78, 5) is 4.20. The van der Waals surface area contributed by atoms with E-state index in [1.807, 2.05) is 24.3 Å². The molecule has 27 heavy (non-hydrogen) atoms. The molecule has 0 bridgehead atoms. The summed E-state index contributed by atoms with van der Waals surface area (Å²) < 4.78 is 26.2. The van der Waals surface area contributed by atoms with Crippen LogP contribution in [0.5, 0.6) is 0 Å². The first-order chi connectivity index (χ1) is 13.2. The zero-order chi connectivity index (χ0) is 19.1. The average Bonchev–Trinajstić information content (AvgIpc) is 2.70. The summed E-state index contributed by atoms with van der Waals surface area (Å²) in [5.74, 6) is -1.76. The quantitative estimate of drug-likeness (QED) is 0.313. The van der Waals surface area contributed by atoms with E-state index in [1.54, 1.807) is 6.21 Å².